The van der Waals surface area contributed by atoms with Gasteiger partial charge >= 0.3 is 0 Å². The molecule has 0 bridgehead atoms. The Bertz CT molecular complexity index is 258. The summed E-state index contributed by atoms with van der Waals surface area (Å²) in [7, 11) is 0. The molecule has 2 saturated heterocycles. The molecule has 1 aliphatic carbocycles. The van der Waals surface area contributed by atoms with Crippen LogP contribution in [0.3, 0.4) is 0 Å². The highest BCUT2D eigenvalue weighted by Crippen LogP contribution is 2.31. The zero-order chi connectivity index (χ0) is 12.4. The maximum Gasteiger partial charge on any atom is 0.0235 e. The van der Waals surface area contributed by atoms with Crippen molar-refractivity contribution in [1.82, 2.24) is 15.1 Å². The fourth-order valence-electron chi connectivity index (χ4n) is 3.77. The zero-order valence-electron chi connectivity index (χ0n) is 11.9. The number of hydrogen-bond acceptors (Lipinski definition) is 3. The Morgan fingerprint density at radius 2 is 1.89 bits per heavy atom. The minimum absolute atomic E-state index is 0.852. The van der Waals surface area contributed by atoms with E-state index in [2.05, 4.69) is 22.0 Å². The topological polar surface area (TPSA) is 18.5 Å². The molecule has 3 fully saturated rings. The van der Waals surface area contributed by atoms with Crippen molar-refractivity contribution in [1.29, 1.82) is 0 Å². The van der Waals surface area contributed by atoms with Crippen LogP contribution >= 0.6 is 0 Å². The maximum absolute atomic E-state index is 3.48. The third-order valence-corrected chi connectivity index (χ3v) is 5.13. The first-order chi connectivity index (χ1) is 8.86. The first-order valence-corrected chi connectivity index (χ1v) is 8.05. The Balaban J connectivity index is 1.48. The Morgan fingerprint density at radius 1 is 1.11 bits per heavy atom. The van der Waals surface area contributed by atoms with E-state index in [0.29, 0.717) is 0 Å². The molecule has 0 radical (unpaired) electrons. The number of hydrogen-bond donors (Lipinski definition) is 1. The van der Waals surface area contributed by atoms with Gasteiger partial charge in [-0.05, 0) is 57.7 Å². The maximum atomic E-state index is 3.48. The summed E-state index contributed by atoms with van der Waals surface area (Å²) in [5.74, 6) is 0.946. The van der Waals surface area contributed by atoms with Crippen molar-refractivity contribution in [2.75, 3.05) is 39.3 Å². The normalized spacial score (nSPS) is 31.3. The van der Waals surface area contributed by atoms with Crippen molar-refractivity contribution >= 4 is 0 Å². The fourth-order valence-corrected chi connectivity index (χ4v) is 3.77. The van der Waals surface area contributed by atoms with Crippen molar-refractivity contribution in [2.24, 2.45) is 5.92 Å². The van der Waals surface area contributed by atoms with Crippen molar-refractivity contribution < 1.29 is 0 Å². The minimum Gasteiger partial charge on any atom is -0.317 e. The fraction of sp³-hybridized carbons (Fsp3) is 1.00. The second-order valence-corrected chi connectivity index (χ2v) is 6.45. The van der Waals surface area contributed by atoms with E-state index in [1.807, 2.05) is 0 Å². The van der Waals surface area contributed by atoms with Gasteiger partial charge in [0.1, 0.15) is 0 Å². The summed E-state index contributed by atoms with van der Waals surface area (Å²) in [4.78, 5) is 5.52. The number of piperidine rings is 1. The quantitative estimate of drug-likeness (QED) is 0.800. The molecule has 0 spiro atoms. The van der Waals surface area contributed by atoms with Gasteiger partial charge in [-0.2, -0.15) is 0 Å². The molecule has 18 heavy (non-hydrogen) atoms. The van der Waals surface area contributed by atoms with Gasteiger partial charge in [-0.1, -0.05) is 6.92 Å². The number of rotatable bonds is 5. The molecular weight excluding hydrogens is 222 g/mol. The third kappa shape index (κ3) is 3.06. The predicted molar refractivity (Wildman–Crippen MR) is 75.8 cm³/mol. The van der Waals surface area contributed by atoms with Crippen LogP contribution in [0.1, 0.15) is 39.0 Å². The molecule has 0 aromatic rings. The van der Waals surface area contributed by atoms with E-state index in [-0.39, 0.29) is 0 Å². The number of nitrogens with zero attached hydrogens (tertiary/aromatic N) is 2. The minimum atomic E-state index is 0.852. The van der Waals surface area contributed by atoms with E-state index in [1.54, 1.807) is 0 Å². The van der Waals surface area contributed by atoms with Crippen LogP contribution in [0, 0.1) is 5.92 Å². The largest absolute Gasteiger partial charge is 0.317 e. The highest BCUT2D eigenvalue weighted by atomic mass is 15.3. The zero-order valence-corrected chi connectivity index (χ0v) is 11.9. The monoisotopic (exact) mass is 251 g/mol. The second kappa shape index (κ2) is 5.89. The first-order valence-electron chi connectivity index (χ1n) is 8.05. The highest BCUT2D eigenvalue weighted by Gasteiger charge is 2.36. The Morgan fingerprint density at radius 3 is 2.56 bits per heavy atom. The van der Waals surface area contributed by atoms with E-state index in [1.165, 1.54) is 71.4 Å². The summed E-state index contributed by atoms with van der Waals surface area (Å²) in [6, 6.07) is 1.82. The van der Waals surface area contributed by atoms with E-state index < -0.39 is 0 Å². The van der Waals surface area contributed by atoms with Crippen LogP contribution in [0.15, 0.2) is 0 Å². The van der Waals surface area contributed by atoms with Crippen LogP contribution < -0.4 is 5.32 Å². The van der Waals surface area contributed by atoms with Gasteiger partial charge < -0.3 is 5.32 Å². The average molecular weight is 251 g/mol. The van der Waals surface area contributed by atoms with E-state index >= 15 is 0 Å². The first kappa shape index (κ1) is 12.9. The molecular formula is C15H29N3. The molecule has 1 N–H and O–H groups in total. The molecule has 1 atom stereocenters. The summed E-state index contributed by atoms with van der Waals surface area (Å²) in [6.07, 6.45) is 7.11. The molecule has 0 amide bonds. The van der Waals surface area contributed by atoms with Gasteiger partial charge in [0.2, 0.25) is 0 Å². The molecule has 1 unspecified atom stereocenters. The smallest absolute Gasteiger partial charge is 0.0235 e. The van der Waals surface area contributed by atoms with E-state index in [9.17, 15) is 0 Å². The average Bonchev–Trinajstić information content (AvgIpc) is 3.16. The van der Waals surface area contributed by atoms with Gasteiger partial charge in [0.15, 0.2) is 0 Å². The summed E-state index contributed by atoms with van der Waals surface area (Å²) in [6.45, 7) is 10.1. The van der Waals surface area contributed by atoms with Gasteiger partial charge in [-0.15, -0.1) is 0 Å². The van der Waals surface area contributed by atoms with Gasteiger partial charge in [-0.3, -0.25) is 9.80 Å². The summed E-state index contributed by atoms with van der Waals surface area (Å²) in [5, 5.41) is 3.48. The summed E-state index contributed by atoms with van der Waals surface area (Å²) >= 11 is 0. The van der Waals surface area contributed by atoms with Crippen molar-refractivity contribution in [3.63, 3.8) is 0 Å². The van der Waals surface area contributed by atoms with Crippen LogP contribution in [0.2, 0.25) is 0 Å². The molecule has 3 aliphatic rings. The van der Waals surface area contributed by atoms with Gasteiger partial charge in [0, 0.05) is 31.7 Å². The molecule has 0 aromatic heterocycles. The Kier molecular flexibility index (Phi) is 4.22. The molecule has 3 nitrogen and oxygen atoms in total. The van der Waals surface area contributed by atoms with E-state index in [0.717, 1.165) is 18.0 Å². The molecule has 0 aromatic carbocycles. The lowest BCUT2D eigenvalue weighted by atomic mass is 9.97. The predicted octanol–water partition coefficient (Wildman–Crippen LogP) is 1.54. The van der Waals surface area contributed by atoms with Crippen LogP contribution in [0.4, 0.5) is 0 Å². The highest BCUT2D eigenvalue weighted by molar-refractivity contribution is 4.93. The third-order valence-electron chi connectivity index (χ3n) is 5.13. The Labute approximate surface area is 112 Å². The van der Waals surface area contributed by atoms with Crippen molar-refractivity contribution in [2.45, 2.75) is 51.1 Å². The Hall–Kier alpha value is -0.120. The van der Waals surface area contributed by atoms with Crippen molar-refractivity contribution in [3.05, 3.63) is 0 Å². The van der Waals surface area contributed by atoms with Crippen LogP contribution in [-0.4, -0.2) is 61.2 Å². The van der Waals surface area contributed by atoms with Gasteiger partial charge in [0.05, 0.1) is 0 Å². The van der Waals surface area contributed by atoms with Crippen LogP contribution in [0.25, 0.3) is 0 Å². The lowest BCUT2D eigenvalue weighted by Gasteiger charge is -2.33. The number of likely N-dealkylation sites (N-methyl/N-ethyl adjacent to an activating group) is 1. The summed E-state index contributed by atoms with van der Waals surface area (Å²) < 4.78 is 0. The lowest BCUT2D eigenvalue weighted by molar-refractivity contribution is 0.157. The lowest BCUT2D eigenvalue weighted by Crippen LogP contribution is -2.43. The molecule has 104 valence electrons. The van der Waals surface area contributed by atoms with Gasteiger partial charge in [0.25, 0.3) is 0 Å². The number of likely N-dealkylation sites (tertiary alicyclic amines) is 1. The molecule has 1 saturated carbocycles. The molecule has 2 aliphatic heterocycles. The van der Waals surface area contributed by atoms with E-state index in [4.69, 9.17) is 0 Å². The standard InChI is InChI=1S/C15H29N3/c1-2-17(11-13-5-8-16-9-6-13)15-7-10-18(12-15)14-3-4-14/h13-16H,2-12H2,1H3. The second-order valence-electron chi connectivity index (χ2n) is 6.45. The van der Waals surface area contributed by atoms with Crippen LogP contribution in [0.5, 0.6) is 0 Å². The number of nitrogens with one attached hydrogen (secondary N) is 1. The molecule has 2 heterocycles. The SMILES string of the molecule is CCN(CC1CCNCC1)C1CCN(C2CC2)C1. The van der Waals surface area contributed by atoms with Crippen molar-refractivity contribution in [3.8, 4) is 0 Å². The molecule has 3 heteroatoms. The van der Waals surface area contributed by atoms with Crippen LogP contribution in [-0.2, 0) is 0 Å². The molecule has 3 rings (SSSR count). The summed E-state index contributed by atoms with van der Waals surface area (Å²) in [5.41, 5.74) is 0. The van der Waals surface area contributed by atoms with Gasteiger partial charge in [-0.25, -0.2) is 0 Å².